The molecule has 3 aromatic rings. The summed E-state index contributed by atoms with van der Waals surface area (Å²) in [4.78, 5) is 18.8. The van der Waals surface area contributed by atoms with E-state index in [1.165, 1.54) is 7.11 Å². The van der Waals surface area contributed by atoms with E-state index in [1.54, 1.807) is 12.1 Å². The highest BCUT2D eigenvalue weighted by Gasteiger charge is 2.26. The molecule has 2 fully saturated rings. The topological polar surface area (TPSA) is 149 Å². The molecule has 0 spiro atoms. The lowest BCUT2D eigenvalue weighted by Gasteiger charge is -2.29. The van der Waals surface area contributed by atoms with E-state index < -0.39 is 17.6 Å². The van der Waals surface area contributed by atoms with Crippen molar-refractivity contribution < 1.29 is 33.9 Å². The van der Waals surface area contributed by atoms with Crippen LogP contribution in [-0.4, -0.2) is 123 Å². The van der Waals surface area contributed by atoms with Crippen LogP contribution in [0.5, 0.6) is 23.0 Å². The lowest BCUT2D eigenvalue weighted by Crippen LogP contribution is -2.47. The third-order valence-corrected chi connectivity index (χ3v) is 9.16. The van der Waals surface area contributed by atoms with Crippen LogP contribution in [0.3, 0.4) is 0 Å². The van der Waals surface area contributed by atoms with Crippen LogP contribution in [0.4, 0.5) is 0 Å². The Morgan fingerprint density at radius 3 is 1.80 bits per heavy atom. The summed E-state index contributed by atoms with van der Waals surface area (Å²) in [6.07, 6.45) is 3.14. The summed E-state index contributed by atoms with van der Waals surface area (Å²) in [5.41, 5.74) is 3.10. The normalized spacial score (nSPS) is 17.0. The number of aromatic hydroxyl groups is 1. The molecule has 12 nitrogen and oxygen atoms in total. The maximum atomic E-state index is 14.4. The van der Waals surface area contributed by atoms with Crippen molar-refractivity contribution in [3.8, 4) is 23.0 Å². The second kappa shape index (κ2) is 17.5. The van der Waals surface area contributed by atoms with Gasteiger partial charge in [0.15, 0.2) is 11.5 Å². The van der Waals surface area contributed by atoms with E-state index in [2.05, 4.69) is 20.4 Å². The Morgan fingerprint density at radius 2 is 1.28 bits per heavy atom. The van der Waals surface area contributed by atoms with Gasteiger partial charge >= 0.3 is 0 Å². The van der Waals surface area contributed by atoms with Crippen molar-refractivity contribution in [2.45, 2.75) is 52.7 Å². The first-order valence-corrected chi connectivity index (χ1v) is 17.7. The van der Waals surface area contributed by atoms with Gasteiger partial charge in [0.1, 0.15) is 53.5 Å². The van der Waals surface area contributed by atoms with E-state index in [0.717, 1.165) is 63.5 Å². The molecule has 2 atom stereocenters. The number of phenolic OH excluding ortho intramolecular Hbond substituents is 1. The molecule has 2 saturated heterocycles. The average Bonchev–Trinajstić information content (AvgIpc) is 3.08. The molecule has 2 unspecified atom stereocenters. The van der Waals surface area contributed by atoms with Crippen molar-refractivity contribution in [1.29, 1.82) is 0 Å². The van der Waals surface area contributed by atoms with E-state index in [4.69, 9.17) is 18.6 Å². The number of nitrogens with zero attached hydrogens (tertiary/aromatic N) is 2. The second-order valence-electron chi connectivity index (χ2n) is 13.8. The third kappa shape index (κ3) is 9.36. The second-order valence-corrected chi connectivity index (χ2v) is 13.8. The first-order valence-electron chi connectivity index (χ1n) is 17.7. The number of nitrogens with one attached hydrogen (secondary N) is 2. The number of fused-ring (bicyclic) bond motifs is 2. The molecule has 0 saturated carbocycles. The minimum absolute atomic E-state index is 0.00676. The summed E-state index contributed by atoms with van der Waals surface area (Å²) in [6, 6.07) is 3.24. The Morgan fingerprint density at radius 1 is 0.800 bits per heavy atom. The first-order chi connectivity index (χ1) is 24.0. The maximum Gasteiger partial charge on any atom is 0.204 e. The summed E-state index contributed by atoms with van der Waals surface area (Å²) in [5, 5.41) is 40.4. The Labute approximate surface area is 294 Å². The predicted octanol–water partition coefficient (Wildman–Crippen LogP) is 2.97. The largest absolute Gasteiger partial charge is 0.507 e. The molecule has 12 heteroatoms. The van der Waals surface area contributed by atoms with Crippen LogP contribution in [0, 0.1) is 0 Å². The van der Waals surface area contributed by atoms with E-state index in [9.17, 15) is 20.1 Å². The molecule has 5 N–H and O–H groups in total. The highest BCUT2D eigenvalue weighted by molar-refractivity contribution is 5.98. The van der Waals surface area contributed by atoms with E-state index in [0.29, 0.717) is 54.3 Å². The van der Waals surface area contributed by atoms with Crippen LogP contribution in [0.2, 0.25) is 0 Å². The number of aliphatic hydroxyl groups is 2. The van der Waals surface area contributed by atoms with Gasteiger partial charge in [-0.2, -0.15) is 0 Å². The molecule has 0 aliphatic carbocycles. The summed E-state index contributed by atoms with van der Waals surface area (Å²) in [7, 11) is 1.52. The molecule has 0 amide bonds. The zero-order valence-electron chi connectivity index (χ0n) is 30.1. The molecule has 2 aromatic carbocycles. The van der Waals surface area contributed by atoms with Crippen molar-refractivity contribution in [1.82, 2.24) is 20.4 Å². The van der Waals surface area contributed by atoms with Crippen LogP contribution in [0.1, 0.15) is 38.8 Å². The quantitative estimate of drug-likeness (QED) is 0.118. The van der Waals surface area contributed by atoms with Crippen molar-refractivity contribution in [2.24, 2.45) is 0 Å². The highest BCUT2D eigenvalue weighted by Crippen LogP contribution is 2.41. The number of hydrogen-bond donors (Lipinski definition) is 5. The van der Waals surface area contributed by atoms with Crippen molar-refractivity contribution in [2.75, 3.05) is 85.8 Å². The Bertz CT molecular complexity index is 1730. The monoisotopic (exact) mass is 694 g/mol. The average molecular weight is 695 g/mol. The van der Waals surface area contributed by atoms with Crippen molar-refractivity contribution in [3.63, 3.8) is 0 Å². The van der Waals surface area contributed by atoms with Gasteiger partial charge in [0, 0.05) is 88.7 Å². The smallest absolute Gasteiger partial charge is 0.204 e. The summed E-state index contributed by atoms with van der Waals surface area (Å²) in [5.74, 6) is 0.834. The number of β-amino-alcohol motifs (C(OH)–C–C–N with tert-alkyl or cyclic N) is 2. The summed E-state index contributed by atoms with van der Waals surface area (Å²) in [6.45, 7) is 15.7. The van der Waals surface area contributed by atoms with Gasteiger partial charge in [-0.15, -0.1) is 0 Å². The Hall–Kier alpha value is -3.65. The number of hydrogen-bond acceptors (Lipinski definition) is 12. The van der Waals surface area contributed by atoms with Gasteiger partial charge in [0.05, 0.1) is 12.5 Å². The van der Waals surface area contributed by atoms with E-state index in [1.807, 2.05) is 39.8 Å². The molecule has 1 aromatic heterocycles. The van der Waals surface area contributed by atoms with Gasteiger partial charge in [-0.1, -0.05) is 23.3 Å². The standard InChI is InChI=1S/C38H54N4O8/c1-24(2)6-8-28-30(48-22-26(43)20-41-14-10-39-11-15-41)18-32-35(36(28)45)37(46)34-29(9-7-25(3)4)38(47-5)33(19-31(34)50-32)49-23-27(44)21-42-16-12-40-13-17-42/h6-7,18-19,26-27,39-40,43-45H,8-17,20-23H2,1-5H3. The molecule has 5 rings (SSSR count). The van der Waals surface area contributed by atoms with Crippen LogP contribution in [0.25, 0.3) is 21.9 Å². The number of aliphatic hydroxyl groups excluding tert-OH is 2. The Kier molecular flexibility index (Phi) is 13.2. The summed E-state index contributed by atoms with van der Waals surface area (Å²) >= 11 is 0. The fraction of sp³-hybridized carbons (Fsp3) is 0.553. The van der Waals surface area contributed by atoms with Crippen LogP contribution in [0.15, 0.2) is 44.6 Å². The predicted molar refractivity (Wildman–Crippen MR) is 196 cm³/mol. The fourth-order valence-electron chi connectivity index (χ4n) is 6.53. The number of ether oxygens (including phenoxy) is 3. The van der Waals surface area contributed by atoms with Gasteiger partial charge in [-0.05, 0) is 40.5 Å². The van der Waals surface area contributed by atoms with E-state index in [-0.39, 0.29) is 40.9 Å². The van der Waals surface area contributed by atoms with Gasteiger partial charge in [-0.3, -0.25) is 14.6 Å². The van der Waals surface area contributed by atoms with Gasteiger partial charge in [0.25, 0.3) is 0 Å². The number of phenols is 1. The van der Waals surface area contributed by atoms with Crippen LogP contribution >= 0.6 is 0 Å². The van der Waals surface area contributed by atoms with Gasteiger partial charge in [0.2, 0.25) is 5.43 Å². The zero-order chi connectivity index (χ0) is 35.8. The first kappa shape index (κ1) is 37.6. The van der Waals surface area contributed by atoms with Crippen LogP contribution in [-0.2, 0) is 12.8 Å². The van der Waals surface area contributed by atoms with Crippen LogP contribution < -0.4 is 30.3 Å². The molecular weight excluding hydrogens is 640 g/mol. The molecular formula is C38H54N4O8. The molecule has 0 radical (unpaired) electrons. The number of allylic oxidation sites excluding steroid dienone is 4. The van der Waals surface area contributed by atoms with Gasteiger partial charge in [-0.25, -0.2) is 0 Å². The molecule has 50 heavy (non-hydrogen) atoms. The minimum Gasteiger partial charge on any atom is -0.507 e. The minimum atomic E-state index is -0.752. The lowest BCUT2D eigenvalue weighted by molar-refractivity contribution is 0.0632. The Balaban J connectivity index is 1.56. The number of methoxy groups -OCH3 is 1. The van der Waals surface area contributed by atoms with Crippen molar-refractivity contribution in [3.05, 3.63) is 56.8 Å². The number of rotatable bonds is 15. The molecule has 2 aliphatic heterocycles. The van der Waals surface area contributed by atoms with Gasteiger partial charge < -0.3 is 44.6 Å². The number of piperazine rings is 2. The highest BCUT2D eigenvalue weighted by atomic mass is 16.5. The molecule has 2 aliphatic rings. The third-order valence-electron chi connectivity index (χ3n) is 9.16. The number of benzene rings is 2. The maximum absolute atomic E-state index is 14.4. The fourth-order valence-corrected chi connectivity index (χ4v) is 6.53. The SMILES string of the molecule is COc1c(OCC(O)CN2CCNCC2)cc2oc3cc(OCC(O)CN4CCNCC4)c(CC=C(C)C)c(O)c3c(=O)c2c1CC=C(C)C. The molecule has 3 heterocycles. The summed E-state index contributed by atoms with van der Waals surface area (Å²) < 4.78 is 24.6. The van der Waals surface area contributed by atoms with Crippen molar-refractivity contribution >= 4 is 21.9 Å². The lowest BCUT2D eigenvalue weighted by atomic mass is 9.98. The zero-order valence-corrected chi connectivity index (χ0v) is 30.1. The van der Waals surface area contributed by atoms with E-state index >= 15 is 0 Å². The molecule has 0 bridgehead atoms. The molecule has 274 valence electrons.